The molecular formula is C16H22N2O3. The first-order chi connectivity index (χ1) is 10.1. The van der Waals surface area contributed by atoms with Crippen LogP contribution in [0, 0.1) is 0 Å². The van der Waals surface area contributed by atoms with E-state index in [2.05, 4.69) is 12.2 Å². The molecule has 0 aromatic heterocycles. The molecule has 0 radical (unpaired) electrons. The van der Waals surface area contributed by atoms with Crippen molar-refractivity contribution in [2.45, 2.75) is 32.6 Å². The Labute approximate surface area is 125 Å². The number of ether oxygens (including phenoxy) is 1. The predicted octanol–water partition coefficient (Wildman–Crippen LogP) is 1.89. The van der Waals surface area contributed by atoms with Gasteiger partial charge in [-0.2, -0.15) is 0 Å². The van der Waals surface area contributed by atoms with Crippen LogP contribution in [0.25, 0.3) is 0 Å². The van der Waals surface area contributed by atoms with Gasteiger partial charge in [0.15, 0.2) is 6.61 Å². The summed E-state index contributed by atoms with van der Waals surface area (Å²) in [5.41, 5.74) is 1.87. The van der Waals surface area contributed by atoms with Gasteiger partial charge in [-0.25, -0.2) is 0 Å². The number of fused-ring (bicyclic) bond motifs is 1. The van der Waals surface area contributed by atoms with E-state index in [0.29, 0.717) is 13.0 Å². The Morgan fingerprint density at radius 3 is 3.00 bits per heavy atom. The number of carbonyl (C=O) groups excluding carboxylic acids is 2. The van der Waals surface area contributed by atoms with Crippen LogP contribution in [0.4, 0.5) is 5.69 Å². The van der Waals surface area contributed by atoms with E-state index in [1.54, 1.807) is 11.9 Å². The van der Waals surface area contributed by atoms with Crippen molar-refractivity contribution < 1.29 is 14.3 Å². The lowest BCUT2D eigenvalue weighted by atomic mass is 10.1. The molecule has 1 aliphatic rings. The largest absolute Gasteiger partial charge is 0.482 e. The minimum atomic E-state index is -0.0486. The molecule has 1 aliphatic heterocycles. The Balaban J connectivity index is 1.90. The number of nitrogens with one attached hydrogen (secondary N) is 1. The summed E-state index contributed by atoms with van der Waals surface area (Å²) in [4.78, 5) is 24.8. The van der Waals surface area contributed by atoms with Crippen molar-refractivity contribution in [3.63, 3.8) is 0 Å². The fraction of sp³-hybridized carbons (Fsp3) is 0.500. The lowest BCUT2D eigenvalue weighted by molar-refractivity contribution is -0.121. The standard InChI is InChI=1S/C16H22N2O3/c1-3-4-5-15(19)17-9-8-12-6-7-14-13(10-12)18(2)16(20)11-21-14/h6-7,10H,3-5,8-9,11H2,1-2H3,(H,17,19). The first-order valence-corrected chi connectivity index (χ1v) is 7.40. The van der Waals surface area contributed by atoms with Gasteiger partial charge >= 0.3 is 0 Å². The highest BCUT2D eigenvalue weighted by molar-refractivity contribution is 5.97. The number of carbonyl (C=O) groups is 2. The van der Waals surface area contributed by atoms with Crippen LogP contribution in [0.2, 0.25) is 0 Å². The molecule has 0 saturated carbocycles. The summed E-state index contributed by atoms with van der Waals surface area (Å²) in [5.74, 6) is 0.783. The summed E-state index contributed by atoms with van der Waals surface area (Å²) in [5, 5.41) is 2.92. The maximum absolute atomic E-state index is 11.6. The monoisotopic (exact) mass is 290 g/mol. The summed E-state index contributed by atoms with van der Waals surface area (Å²) >= 11 is 0. The summed E-state index contributed by atoms with van der Waals surface area (Å²) in [6.07, 6.45) is 3.28. The predicted molar refractivity (Wildman–Crippen MR) is 81.6 cm³/mol. The summed E-state index contributed by atoms with van der Waals surface area (Å²) in [7, 11) is 1.75. The Morgan fingerprint density at radius 1 is 1.43 bits per heavy atom. The van der Waals surface area contributed by atoms with Gasteiger partial charge in [-0.15, -0.1) is 0 Å². The molecule has 2 rings (SSSR count). The van der Waals surface area contributed by atoms with E-state index in [1.807, 2.05) is 18.2 Å². The van der Waals surface area contributed by atoms with E-state index in [1.165, 1.54) is 0 Å². The minimum absolute atomic E-state index is 0.0486. The molecule has 21 heavy (non-hydrogen) atoms. The van der Waals surface area contributed by atoms with Crippen LogP contribution in [0.1, 0.15) is 31.7 Å². The van der Waals surface area contributed by atoms with Crippen LogP contribution in [-0.4, -0.2) is 32.0 Å². The van der Waals surface area contributed by atoms with E-state index in [-0.39, 0.29) is 18.4 Å². The van der Waals surface area contributed by atoms with Crippen LogP contribution >= 0.6 is 0 Å². The number of benzene rings is 1. The Bertz CT molecular complexity index is 528. The number of nitrogens with zero attached hydrogens (tertiary/aromatic N) is 1. The van der Waals surface area contributed by atoms with Crippen LogP contribution in [0.3, 0.4) is 0 Å². The van der Waals surface area contributed by atoms with Crippen LogP contribution in [-0.2, 0) is 16.0 Å². The van der Waals surface area contributed by atoms with Gasteiger partial charge in [0.2, 0.25) is 5.91 Å². The second kappa shape index (κ2) is 7.11. The zero-order valence-electron chi connectivity index (χ0n) is 12.6. The van der Waals surface area contributed by atoms with Crippen LogP contribution in [0.15, 0.2) is 18.2 Å². The molecule has 0 unspecified atom stereocenters. The van der Waals surface area contributed by atoms with Gasteiger partial charge in [0.25, 0.3) is 5.91 Å². The highest BCUT2D eigenvalue weighted by atomic mass is 16.5. The average Bonchev–Trinajstić information content (AvgIpc) is 2.49. The maximum atomic E-state index is 11.6. The van der Waals surface area contributed by atoms with E-state index < -0.39 is 0 Å². The van der Waals surface area contributed by atoms with Gasteiger partial charge in [-0.05, 0) is 30.5 Å². The first kappa shape index (κ1) is 15.4. The van der Waals surface area contributed by atoms with Gasteiger partial charge in [-0.3, -0.25) is 9.59 Å². The highest BCUT2D eigenvalue weighted by Crippen LogP contribution is 2.31. The zero-order valence-corrected chi connectivity index (χ0v) is 12.6. The van der Waals surface area contributed by atoms with E-state index in [0.717, 1.165) is 36.3 Å². The molecule has 2 amide bonds. The summed E-state index contributed by atoms with van der Waals surface area (Å²) in [6, 6.07) is 5.80. The lowest BCUT2D eigenvalue weighted by Gasteiger charge is -2.26. The van der Waals surface area contributed by atoms with E-state index >= 15 is 0 Å². The van der Waals surface area contributed by atoms with Gasteiger partial charge in [0.05, 0.1) is 5.69 Å². The van der Waals surface area contributed by atoms with E-state index in [9.17, 15) is 9.59 Å². The normalized spacial score (nSPS) is 13.6. The van der Waals surface area contributed by atoms with Crippen molar-refractivity contribution in [2.24, 2.45) is 0 Å². The summed E-state index contributed by atoms with van der Waals surface area (Å²) < 4.78 is 5.39. The zero-order chi connectivity index (χ0) is 15.2. The van der Waals surface area contributed by atoms with Gasteiger partial charge in [0, 0.05) is 20.0 Å². The number of hydrogen-bond acceptors (Lipinski definition) is 3. The molecule has 0 aliphatic carbocycles. The Morgan fingerprint density at radius 2 is 2.24 bits per heavy atom. The molecule has 0 bridgehead atoms. The lowest BCUT2D eigenvalue weighted by Crippen LogP contribution is -2.35. The van der Waals surface area contributed by atoms with Gasteiger partial charge in [-0.1, -0.05) is 19.4 Å². The molecular weight excluding hydrogens is 268 g/mol. The fourth-order valence-electron chi connectivity index (χ4n) is 2.25. The van der Waals surface area contributed by atoms with Gasteiger partial charge < -0.3 is 15.0 Å². The molecule has 1 N–H and O–H groups in total. The number of likely N-dealkylation sites (N-methyl/N-ethyl adjacent to an activating group) is 1. The SMILES string of the molecule is CCCCC(=O)NCCc1ccc2c(c1)N(C)C(=O)CO2. The van der Waals surface area contributed by atoms with Gasteiger partial charge in [0.1, 0.15) is 5.75 Å². The molecule has 0 fully saturated rings. The molecule has 0 spiro atoms. The summed E-state index contributed by atoms with van der Waals surface area (Å²) in [6.45, 7) is 2.77. The smallest absolute Gasteiger partial charge is 0.264 e. The van der Waals surface area contributed by atoms with Crippen molar-refractivity contribution in [3.8, 4) is 5.75 Å². The molecule has 1 heterocycles. The molecule has 0 saturated heterocycles. The van der Waals surface area contributed by atoms with Crippen molar-refractivity contribution in [1.82, 2.24) is 5.32 Å². The molecule has 1 aromatic carbocycles. The minimum Gasteiger partial charge on any atom is -0.482 e. The Kier molecular flexibility index (Phi) is 5.20. The highest BCUT2D eigenvalue weighted by Gasteiger charge is 2.22. The third kappa shape index (κ3) is 3.97. The number of rotatable bonds is 6. The maximum Gasteiger partial charge on any atom is 0.264 e. The quantitative estimate of drug-likeness (QED) is 0.870. The van der Waals surface area contributed by atoms with E-state index in [4.69, 9.17) is 4.74 Å². The number of anilines is 1. The van der Waals surface area contributed by atoms with Crippen molar-refractivity contribution in [2.75, 3.05) is 25.1 Å². The first-order valence-electron chi connectivity index (χ1n) is 7.40. The second-order valence-corrected chi connectivity index (χ2v) is 5.25. The van der Waals surface area contributed by atoms with Crippen molar-refractivity contribution in [3.05, 3.63) is 23.8 Å². The molecule has 1 aromatic rings. The van der Waals surface area contributed by atoms with Crippen molar-refractivity contribution in [1.29, 1.82) is 0 Å². The molecule has 0 atom stereocenters. The molecule has 5 heteroatoms. The van der Waals surface area contributed by atoms with Crippen LogP contribution < -0.4 is 15.0 Å². The number of hydrogen-bond donors (Lipinski definition) is 1. The molecule has 114 valence electrons. The number of amides is 2. The van der Waals surface area contributed by atoms with Crippen molar-refractivity contribution >= 4 is 17.5 Å². The third-order valence-corrected chi connectivity index (χ3v) is 3.60. The molecule has 5 nitrogen and oxygen atoms in total. The Hall–Kier alpha value is -2.04. The van der Waals surface area contributed by atoms with Crippen LogP contribution in [0.5, 0.6) is 5.75 Å². The topological polar surface area (TPSA) is 58.6 Å². The fourth-order valence-corrected chi connectivity index (χ4v) is 2.25. The average molecular weight is 290 g/mol. The second-order valence-electron chi connectivity index (χ2n) is 5.25. The third-order valence-electron chi connectivity index (χ3n) is 3.60. The number of unbranched alkanes of at least 4 members (excludes halogenated alkanes) is 1.